The van der Waals surface area contributed by atoms with Crippen LogP contribution in [0.1, 0.15) is 26.7 Å². The van der Waals surface area contributed by atoms with Crippen LogP contribution in [0, 0.1) is 0 Å². The highest BCUT2D eigenvalue weighted by Crippen LogP contribution is 2.05. The van der Waals surface area contributed by atoms with Crippen LogP contribution in [0.3, 0.4) is 0 Å². The normalized spacial score (nSPS) is 13.5. The molecule has 0 spiro atoms. The van der Waals surface area contributed by atoms with Gasteiger partial charge in [-0.05, 0) is 20.0 Å². The van der Waals surface area contributed by atoms with Crippen molar-refractivity contribution in [3.05, 3.63) is 0 Å². The van der Waals surface area contributed by atoms with E-state index in [9.17, 15) is 4.79 Å². The molecule has 0 aromatic heterocycles. The number of nitrogens with zero attached hydrogens (tertiary/aromatic N) is 1. The van der Waals surface area contributed by atoms with Gasteiger partial charge in [-0.15, -0.1) is 0 Å². The van der Waals surface area contributed by atoms with Crippen LogP contribution >= 0.6 is 0 Å². The van der Waals surface area contributed by atoms with Gasteiger partial charge in [-0.1, -0.05) is 13.8 Å². The lowest BCUT2D eigenvalue weighted by Crippen LogP contribution is -2.32. The van der Waals surface area contributed by atoms with E-state index in [-0.39, 0.29) is 12.5 Å². The van der Waals surface area contributed by atoms with Crippen LogP contribution in [0.25, 0.3) is 0 Å². The Morgan fingerprint density at radius 1 is 1.55 bits per heavy atom. The SMILES string of the molecule is CCC(CC(=O)O)N(C)CC. The van der Waals surface area contributed by atoms with Crippen LogP contribution in [-0.2, 0) is 4.79 Å². The molecule has 1 atom stereocenters. The van der Waals surface area contributed by atoms with Crippen LogP contribution < -0.4 is 0 Å². The Hall–Kier alpha value is -0.570. The Bertz CT molecular complexity index is 125. The molecule has 0 aliphatic heterocycles. The molecule has 0 rings (SSSR count). The number of aliphatic carboxylic acids is 1. The first-order valence-electron chi connectivity index (χ1n) is 4.03. The minimum atomic E-state index is -0.711. The number of hydrogen-bond acceptors (Lipinski definition) is 2. The Labute approximate surface area is 68.0 Å². The Kier molecular flexibility index (Phi) is 4.86. The van der Waals surface area contributed by atoms with Crippen molar-refractivity contribution in [1.29, 1.82) is 0 Å². The van der Waals surface area contributed by atoms with Gasteiger partial charge in [0.25, 0.3) is 0 Å². The molecule has 0 saturated carbocycles. The fraction of sp³-hybridized carbons (Fsp3) is 0.875. The van der Waals surface area contributed by atoms with Crippen LogP contribution in [-0.4, -0.2) is 35.6 Å². The average molecular weight is 159 g/mol. The standard InChI is InChI=1S/C8H17NO2/c1-4-7(6-8(10)11)9(3)5-2/h7H,4-6H2,1-3H3,(H,10,11). The van der Waals surface area contributed by atoms with Gasteiger partial charge in [-0.3, -0.25) is 4.79 Å². The molecule has 0 heterocycles. The maximum Gasteiger partial charge on any atom is 0.304 e. The predicted molar refractivity (Wildman–Crippen MR) is 44.6 cm³/mol. The van der Waals surface area contributed by atoms with E-state index in [1.807, 2.05) is 20.9 Å². The summed E-state index contributed by atoms with van der Waals surface area (Å²) in [5.74, 6) is -0.711. The van der Waals surface area contributed by atoms with Crippen molar-refractivity contribution >= 4 is 5.97 Å². The lowest BCUT2D eigenvalue weighted by atomic mass is 10.1. The summed E-state index contributed by atoms with van der Waals surface area (Å²) in [7, 11) is 1.96. The van der Waals surface area contributed by atoms with E-state index >= 15 is 0 Å². The second-order valence-corrected chi connectivity index (χ2v) is 2.73. The first-order chi connectivity index (χ1) is 5.11. The molecule has 11 heavy (non-hydrogen) atoms. The van der Waals surface area contributed by atoms with Gasteiger partial charge in [0.2, 0.25) is 0 Å². The maximum absolute atomic E-state index is 10.4. The van der Waals surface area contributed by atoms with E-state index in [1.54, 1.807) is 0 Å². The highest BCUT2D eigenvalue weighted by Gasteiger charge is 2.13. The molecule has 1 unspecified atom stereocenters. The topological polar surface area (TPSA) is 40.5 Å². The zero-order valence-electron chi connectivity index (χ0n) is 7.50. The minimum Gasteiger partial charge on any atom is -0.481 e. The number of hydrogen-bond donors (Lipinski definition) is 1. The Balaban J connectivity index is 3.84. The third kappa shape index (κ3) is 3.98. The summed E-state index contributed by atoms with van der Waals surface area (Å²) < 4.78 is 0. The van der Waals surface area contributed by atoms with Crippen LogP contribution in [0.15, 0.2) is 0 Å². The largest absolute Gasteiger partial charge is 0.481 e. The average Bonchev–Trinajstić information content (AvgIpc) is 1.98. The molecule has 0 bridgehead atoms. The molecule has 0 amide bonds. The van der Waals surface area contributed by atoms with Crippen molar-refractivity contribution in [1.82, 2.24) is 4.90 Å². The lowest BCUT2D eigenvalue weighted by molar-refractivity contribution is -0.138. The van der Waals surface area contributed by atoms with Gasteiger partial charge in [0.15, 0.2) is 0 Å². The fourth-order valence-corrected chi connectivity index (χ4v) is 1.07. The molecule has 0 radical (unpaired) electrons. The predicted octanol–water partition coefficient (Wildman–Crippen LogP) is 1.19. The van der Waals surface area contributed by atoms with Gasteiger partial charge in [-0.2, -0.15) is 0 Å². The Morgan fingerprint density at radius 2 is 2.09 bits per heavy atom. The van der Waals surface area contributed by atoms with Crippen LogP contribution in [0.4, 0.5) is 0 Å². The second kappa shape index (κ2) is 5.13. The Morgan fingerprint density at radius 3 is 2.36 bits per heavy atom. The summed E-state index contributed by atoms with van der Waals surface area (Å²) in [6.07, 6.45) is 1.15. The maximum atomic E-state index is 10.4. The molecule has 0 saturated heterocycles. The molecule has 1 N–H and O–H groups in total. The highest BCUT2D eigenvalue weighted by molar-refractivity contribution is 5.67. The molecular formula is C8H17NO2. The van der Waals surface area contributed by atoms with E-state index < -0.39 is 5.97 Å². The van der Waals surface area contributed by atoms with E-state index in [2.05, 4.69) is 4.90 Å². The number of carbonyl (C=O) groups is 1. The van der Waals surface area contributed by atoms with Crippen molar-refractivity contribution < 1.29 is 9.90 Å². The fourth-order valence-electron chi connectivity index (χ4n) is 1.07. The van der Waals surface area contributed by atoms with Gasteiger partial charge in [-0.25, -0.2) is 0 Å². The highest BCUT2D eigenvalue weighted by atomic mass is 16.4. The first kappa shape index (κ1) is 10.4. The second-order valence-electron chi connectivity index (χ2n) is 2.73. The van der Waals surface area contributed by atoms with E-state index in [4.69, 9.17) is 5.11 Å². The van der Waals surface area contributed by atoms with Crippen molar-refractivity contribution in [2.24, 2.45) is 0 Å². The van der Waals surface area contributed by atoms with Gasteiger partial charge in [0.05, 0.1) is 6.42 Å². The van der Waals surface area contributed by atoms with Gasteiger partial charge < -0.3 is 10.0 Å². The van der Waals surface area contributed by atoms with E-state index in [0.29, 0.717) is 0 Å². The third-order valence-corrected chi connectivity index (χ3v) is 2.00. The quantitative estimate of drug-likeness (QED) is 0.655. The summed E-state index contributed by atoms with van der Waals surface area (Å²) in [4.78, 5) is 12.4. The molecular weight excluding hydrogens is 142 g/mol. The minimum absolute atomic E-state index is 0.192. The van der Waals surface area contributed by atoms with Crippen molar-refractivity contribution in [3.63, 3.8) is 0 Å². The molecule has 3 nitrogen and oxygen atoms in total. The number of carboxylic acid groups (broad SMARTS) is 1. The van der Waals surface area contributed by atoms with E-state index in [0.717, 1.165) is 13.0 Å². The molecule has 0 aromatic carbocycles. The smallest absolute Gasteiger partial charge is 0.304 e. The van der Waals surface area contributed by atoms with Crippen molar-refractivity contribution in [2.75, 3.05) is 13.6 Å². The summed E-state index contributed by atoms with van der Waals surface area (Å²) in [5.41, 5.74) is 0. The molecule has 0 aliphatic rings. The molecule has 66 valence electrons. The summed E-state index contributed by atoms with van der Waals surface area (Å²) >= 11 is 0. The first-order valence-corrected chi connectivity index (χ1v) is 4.03. The monoisotopic (exact) mass is 159 g/mol. The summed E-state index contributed by atoms with van der Waals surface area (Å²) in [6.45, 7) is 4.95. The van der Waals surface area contributed by atoms with E-state index in [1.165, 1.54) is 0 Å². The molecule has 0 aromatic rings. The lowest BCUT2D eigenvalue weighted by Gasteiger charge is -2.23. The molecule has 0 aliphatic carbocycles. The third-order valence-electron chi connectivity index (χ3n) is 2.00. The molecule has 3 heteroatoms. The number of carboxylic acids is 1. The van der Waals surface area contributed by atoms with Gasteiger partial charge in [0, 0.05) is 6.04 Å². The summed E-state index contributed by atoms with van der Waals surface area (Å²) in [6, 6.07) is 0.192. The molecule has 0 fully saturated rings. The van der Waals surface area contributed by atoms with Crippen LogP contribution in [0.5, 0.6) is 0 Å². The van der Waals surface area contributed by atoms with Crippen molar-refractivity contribution in [3.8, 4) is 0 Å². The summed E-state index contributed by atoms with van der Waals surface area (Å²) in [5, 5.41) is 8.53. The van der Waals surface area contributed by atoms with Gasteiger partial charge in [0.1, 0.15) is 0 Å². The van der Waals surface area contributed by atoms with Crippen LogP contribution in [0.2, 0.25) is 0 Å². The van der Waals surface area contributed by atoms with Crippen molar-refractivity contribution in [2.45, 2.75) is 32.7 Å². The number of rotatable bonds is 5. The zero-order chi connectivity index (χ0) is 8.85. The van der Waals surface area contributed by atoms with Gasteiger partial charge >= 0.3 is 5.97 Å². The zero-order valence-corrected chi connectivity index (χ0v) is 7.50.